The van der Waals surface area contributed by atoms with Crippen LogP contribution in [0.1, 0.15) is 39.4 Å². The summed E-state index contributed by atoms with van der Waals surface area (Å²) in [4.78, 5) is 6.58. The molecule has 0 bridgehead atoms. The Morgan fingerprint density at radius 3 is 2.94 bits per heavy atom. The molecule has 1 aromatic heterocycles. The van der Waals surface area contributed by atoms with Crippen molar-refractivity contribution in [1.82, 2.24) is 15.2 Å². The van der Waals surface area contributed by atoms with Gasteiger partial charge in [0.2, 0.25) is 5.95 Å². The van der Waals surface area contributed by atoms with E-state index in [-0.39, 0.29) is 11.6 Å². The van der Waals surface area contributed by atoms with E-state index < -0.39 is 0 Å². The van der Waals surface area contributed by atoms with Crippen molar-refractivity contribution in [3.63, 3.8) is 0 Å². The first-order chi connectivity index (χ1) is 8.44. The van der Waals surface area contributed by atoms with Gasteiger partial charge in [0.15, 0.2) is 5.82 Å². The molecule has 1 unspecified atom stereocenters. The van der Waals surface area contributed by atoms with E-state index in [9.17, 15) is 0 Å². The molecular weight excluding hydrogens is 230 g/mol. The molecule has 1 aliphatic rings. The molecular formula is C12H23N5O. The van der Waals surface area contributed by atoms with Gasteiger partial charge in [-0.05, 0) is 33.6 Å². The minimum atomic E-state index is -0.166. The van der Waals surface area contributed by atoms with Gasteiger partial charge in [0, 0.05) is 19.1 Å². The van der Waals surface area contributed by atoms with Gasteiger partial charge in [0.25, 0.3) is 0 Å². The Hall–Kier alpha value is -1.14. The van der Waals surface area contributed by atoms with Crippen molar-refractivity contribution in [2.75, 3.05) is 18.0 Å². The van der Waals surface area contributed by atoms with Gasteiger partial charge in [0.1, 0.15) is 6.61 Å². The second kappa shape index (κ2) is 5.24. The molecule has 0 aromatic carbocycles. The zero-order valence-electron chi connectivity index (χ0n) is 11.4. The van der Waals surface area contributed by atoms with Crippen molar-refractivity contribution in [2.24, 2.45) is 5.73 Å². The Balaban J connectivity index is 1.93. The van der Waals surface area contributed by atoms with Crippen LogP contribution >= 0.6 is 0 Å². The molecule has 1 aromatic rings. The number of ether oxygens (including phenoxy) is 1. The van der Waals surface area contributed by atoms with Crippen LogP contribution in [0.5, 0.6) is 0 Å². The monoisotopic (exact) mass is 253 g/mol. The van der Waals surface area contributed by atoms with E-state index in [1.54, 1.807) is 0 Å². The first-order valence-corrected chi connectivity index (χ1v) is 6.50. The Morgan fingerprint density at radius 1 is 1.50 bits per heavy atom. The van der Waals surface area contributed by atoms with Crippen molar-refractivity contribution in [3.8, 4) is 0 Å². The maximum Gasteiger partial charge on any atom is 0.244 e. The van der Waals surface area contributed by atoms with Crippen LogP contribution < -0.4 is 10.6 Å². The highest BCUT2D eigenvalue weighted by Crippen LogP contribution is 2.16. The number of hydrogen-bond acceptors (Lipinski definition) is 5. The third kappa shape index (κ3) is 3.68. The maximum atomic E-state index is 5.95. The summed E-state index contributed by atoms with van der Waals surface area (Å²) in [7, 11) is 0. The van der Waals surface area contributed by atoms with E-state index in [1.165, 1.54) is 0 Å². The predicted octanol–water partition coefficient (Wildman–Crippen LogP) is 1.05. The van der Waals surface area contributed by atoms with Gasteiger partial charge in [-0.15, -0.1) is 5.10 Å². The van der Waals surface area contributed by atoms with Crippen molar-refractivity contribution in [2.45, 2.75) is 51.9 Å². The minimum Gasteiger partial charge on any atom is -0.368 e. The van der Waals surface area contributed by atoms with Crippen LogP contribution in [-0.2, 0) is 11.3 Å². The summed E-state index contributed by atoms with van der Waals surface area (Å²) in [6.45, 7) is 8.33. The fourth-order valence-corrected chi connectivity index (χ4v) is 1.97. The topological polar surface area (TPSA) is 80.1 Å². The molecule has 6 heteroatoms. The molecule has 3 N–H and O–H groups in total. The van der Waals surface area contributed by atoms with E-state index in [1.807, 2.05) is 20.8 Å². The lowest BCUT2D eigenvalue weighted by atomic mass is 10.1. The molecule has 1 fully saturated rings. The quantitative estimate of drug-likeness (QED) is 0.841. The van der Waals surface area contributed by atoms with Crippen molar-refractivity contribution >= 4 is 5.95 Å². The second-order valence-electron chi connectivity index (χ2n) is 5.83. The third-order valence-corrected chi connectivity index (χ3v) is 2.90. The fraction of sp³-hybridized carbons (Fsp3) is 0.833. The average molecular weight is 253 g/mol. The van der Waals surface area contributed by atoms with Gasteiger partial charge in [-0.3, -0.25) is 5.10 Å². The highest BCUT2D eigenvalue weighted by atomic mass is 16.5. The van der Waals surface area contributed by atoms with Crippen LogP contribution in [0.4, 0.5) is 5.95 Å². The van der Waals surface area contributed by atoms with Crippen LogP contribution in [0.3, 0.4) is 0 Å². The number of H-pyrrole nitrogens is 1. The molecule has 18 heavy (non-hydrogen) atoms. The van der Waals surface area contributed by atoms with Gasteiger partial charge in [-0.2, -0.15) is 4.98 Å². The smallest absolute Gasteiger partial charge is 0.244 e. The maximum absolute atomic E-state index is 5.95. The summed E-state index contributed by atoms with van der Waals surface area (Å²) < 4.78 is 5.66. The van der Waals surface area contributed by atoms with Gasteiger partial charge in [-0.25, -0.2) is 0 Å². The Bertz CT molecular complexity index is 384. The van der Waals surface area contributed by atoms with Crippen LogP contribution in [-0.4, -0.2) is 39.9 Å². The summed E-state index contributed by atoms with van der Waals surface area (Å²) >= 11 is 0. The minimum absolute atomic E-state index is 0.166. The highest BCUT2D eigenvalue weighted by Gasteiger charge is 2.20. The molecule has 6 nitrogen and oxygen atoms in total. The molecule has 1 atom stereocenters. The van der Waals surface area contributed by atoms with Crippen molar-refractivity contribution in [1.29, 1.82) is 0 Å². The fourth-order valence-electron chi connectivity index (χ4n) is 1.97. The van der Waals surface area contributed by atoms with Gasteiger partial charge in [-0.1, -0.05) is 0 Å². The Kier molecular flexibility index (Phi) is 3.87. The zero-order valence-corrected chi connectivity index (χ0v) is 11.4. The molecule has 0 saturated carbocycles. The predicted molar refractivity (Wildman–Crippen MR) is 70.3 cm³/mol. The molecule has 1 saturated heterocycles. The summed E-state index contributed by atoms with van der Waals surface area (Å²) in [6, 6.07) is 0.228. The first kappa shape index (κ1) is 13.3. The van der Waals surface area contributed by atoms with Crippen LogP contribution in [0.15, 0.2) is 0 Å². The molecule has 0 amide bonds. The lowest BCUT2D eigenvalue weighted by Crippen LogP contribution is -2.43. The second-order valence-corrected chi connectivity index (χ2v) is 5.83. The van der Waals surface area contributed by atoms with Gasteiger partial charge >= 0.3 is 0 Å². The Morgan fingerprint density at radius 2 is 2.28 bits per heavy atom. The number of piperidine rings is 1. The average Bonchev–Trinajstić information content (AvgIpc) is 2.74. The molecule has 102 valence electrons. The molecule has 0 radical (unpaired) electrons. The van der Waals surface area contributed by atoms with Crippen LogP contribution in [0.2, 0.25) is 0 Å². The van der Waals surface area contributed by atoms with Gasteiger partial charge < -0.3 is 15.4 Å². The standard InChI is InChI=1S/C12H23N5O/c1-12(2,3)18-8-10-14-11(16-15-10)17-6-4-5-9(13)7-17/h9H,4-8,13H2,1-3H3,(H,14,15,16). The molecule has 0 aliphatic carbocycles. The summed E-state index contributed by atoms with van der Waals surface area (Å²) in [6.07, 6.45) is 2.18. The lowest BCUT2D eigenvalue weighted by molar-refractivity contribution is -0.0179. The van der Waals surface area contributed by atoms with Gasteiger partial charge in [0.05, 0.1) is 5.60 Å². The first-order valence-electron chi connectivity index (χ1n) is 6.50. The summed E-state index contributed by atoms with van der Waals surface area (Å²) in [5, 5.41) is 7.15. The number of aromatic nitrogens is 3. The van der Waals surface area contributed by atoms with E-state index in [0.717, 1.165) is 37.7 Å². The molecule has 2 heterocycles. The summed E-state index contributed by atoms with van der Waals surface area (Å²) in [5.74, 6) is 1.50. The van der Waals surface area contributed by atoms with E-state index >= 15 is 0 Å². The number of nitrogens with one attached hydrogen (secondary N) is 1. The largest absolute Gasteiger partial charge is 0.368 e. The van der Waals surface area contributed by atoms with Crippen molar-refractivity contribution in [3.05, 3.63) is 5.82 Å². The number of hydrogen-bond donors (Lipinski definition) is 2. The molecule has 0 spiro atoms. The number of rotatable bonds is 3. The number of nitrogens with two attached hydrogens (primary N) is 1. The SMILES string of the molecule is CC(C)(C)OCc1nc(N2CCCC(N)C2)n[nH]1. The number of anilines is 1. The molecule has 2 rings (SSSR count). The number of aromatic amines is 1. The van der Waals surface area contributed by atoms with Crippen LogP contribution in [0.25, 0.3) is 0 Å². The normalized spacial score (nSPS) is 21.3. The van der Waals surface area contributed by atoms with Crippen molar-refractivity contribution < 1.29 is 4.74 Å². The Labute approximate surface area is 108 Å². The molecule has 1 aliphatic heterocycles. The summed E-state index contributed by atoms with van der Waals surface area (Å²) in [5.41, 5.74) is 5.79. The zero-order chi connectivity index (χ0) is 13.2. The third-order valence-electron chi connectivity index (χ3n) is 2.90. The van der Waals surface area contributed by atoms with E-state index in [2.05, 4.69) is 20.1 Å². The van der Waals surface area contributed by atoms with E-state index in [0.29, 0.717) is 6.61 Å². The highest BCUT2D eigenvalue weighted by molar-refractivity contribution is 5.29. The van der Waals surface area contributed by atoms with Crippen LogP contribution in [0, 0.1) is 0 Å². The number of nitrogens with zero attached hydrogens (tertiary/aromatic N) is 3. The van der Waals surface area contributed by atoms with E-state index in [4.69, 9.17) is 10.5 Å². The lowest BCUT2D eigenvalue weighted by Gasteiger charge is -2.29.